The lowest BCUT2D eigenvalue weighted by atomic mass is 10.1. The molecule has 6 nitrogen and oxygen atoms in total. The third kappa shape index (κ3) is 3.38. The molecule has 0 amide bonds. The fourth-order valence-corrected chi connectivity index (χ4v) is 1.61. The molecular weight excluding hydrogens is 289 g/mol. The summed E-state index contributed by atoms with van der Waals surface area (Å²) >= 11 is 0. The summed E-state index contributed by atoms with van der Waals surface area (Å²) in [6.07, 6.45) is 4.16. The van der Waals surface area contributed by atoms with Gasteiger partial charge in [-0.3, -0.25) is 10.1 Å². The molecule has 3 aromatic rings. The van der Waals surface area contributed by atoms with Crippen molar-refractivity contribution in [3.05, 3.63) is 37.1 Å². The second kappa shape index (κ2) is 5.65. The summed E-state index contributed by atoms with van der Waals surface area (Å²) in [4.78, 5) is 16.2. The third-order valence-electron chi connectivity index (χ3n) is 2.53. The van der Waals surface area contributed by atoms with E-state index in [0.29, 0.717) is 0 Å². The number of carboxylic acid groups (broad SMARTS) is 1. The van der Waals surface area contributed by atoms with Crippen LogP contribution in [0.4, 0.5) is 13.2 Å². The molecule has 0 saturated heterocycles. The molecule has 0 fully saturated rings. The van der Waals surface area contributed by atoms with E-state index in [9.17, 15) is 13.2 Å². The van der Waals surface area contributed by atoms with Crippen LogP contribution in [0, 0.1) is 0 Å². The number of nitrogens with zero attached hydrogens (tertiary/aromatic N) is 2. The maximum atomic E-state index is 10.6. The zero-order valence-corrected chi connectivity index (χ0v) is 10.3. The number of rotatable bonds is 1. The van der Waals surface area contributed by atoms with Crippen LogP contribution < -0.4 is 0 Å². The lowest BCUT2D eigenvalue weighted by Crippen LogP contribution is -2.21. The molecule has 3 heterocycles. The first-order valence-corrected chi connectivity index (χ1v) is 5.60. The molecule has 0 spiro atoms. The standard InChI is InChI=1S/C10H8N4.C2HF3O2/c1-2-12-10-6-11-5-9(8(1)10)7-3-13-14-4-7;3-2(4,5)1(6)7/h1-6,12H,(H,13,14);(H,6,7). The van der Waals surface area contributed by atoms with E-state index >= 15 is 0 Å². The molecule has 110 valence electrons. The van der Waals surface area contributed by atoms with Crippen molar-refractivity contribution < 1.29 is 23.1 Å². The minimum atomic E-state index is -5.08. The summed E-state index contributed by atoms with van der Waals surface area (Å²) in [7, 11) is 0. The van der Waals surface area contributed by atoms with Gasteiger partial charge in [-0.2, -0.15) is 18.3 Å². The highest BCUT2D eigenvalue weighted by atomic mass is 19.4. The van der Waals surface area contributed by atoms with Crippen molar-refractivity contribution in [2.75, 3.05) is 0 Å². The molecule has 0 aliphatic carbocycles. The van der Waals surface area contributed by atoms with E-state index < -0.39 is 12.1 Å². The van der Waals surface area contributed by atoms with Gasteiger partial charge < -0.3 is 10.1 Å². The van der Waals surface area contributed by atoms with Gasteiger partial charge in [0.1, 0.15) is 0 Å². The van der Waals surface area contributed by atoms with Crippen LogP contribution in [0.1, 0.15) is 0 Å². The zero-order valence-electron chi connectivity index (χ0n) is 10.3. The number of fused-ring (bicyclic) bond motifs is 1. The Kier molecular flexibility index (Phi) is 3.92. The summed E-state index contributed by atoms with van der Waals surface area (Å²) in [5.74, 6) is -2.76. The van der Waals surface area contributed by atoms with Crippen molar-refractivity contribution in [2.45, 2.75) is 6.18 Å². The number of halogens is 3. The Labute approximate surface area is 115 Å². The van der Waals surface area contributed by atoms with Crippen LogP contribution >= 0.6 is 0 Å². The van der Waals surface area contributed by atoms with Gasteiger partial charge in [0.15, 0.2) is 0 Å². The largest absolute Gasteiger partial charge is 0.490 e. The molecular formula is C12H9F3N4O2. The highest BCUT2D eigenvalue weighted by Crippen LogP contribution is 2.25. The number of carbonyl (C=O) groups is 1. The summed E-state index contributed by atoms with van der Waals surface area (Å²) in [5, 5.41) is 15.0. The van der Waals surface area contributed by atoms with Gasteiger partial charge in [0, 0.05) is 35.1 Å². The van der Waals surface area contributed by atoms with Crippen molar-refractivity contribution in [1.82, 2.24) is 20.2 Å². The van der Waals surface area contributed by atoms with Crippen molar-refractivity contribution in [2.24, 2.45) is 0 Å². The smallest absolute Gasteiger partial charge is 0.475 e. The Morgan fingerprint density at radius 2 is 1.95 bits per heavy atom. The second-order valence-electron chi connectivity index (χ2n) is 3.92. The Hall–Kier alpha value is -2.84. The fraction of sp³-hybridized carbons (Fsp3) is 0.0833. The number of carboxylic acids is 1. The lowest BCUT2D eigenvalue weighted by molar-refractivity contribution is -0.192. The summed E-state index contributed by atoms with van der Waals surface area (Å²) in [5.41, 5.74) is 3.20. The van der Waals surface area contributed by atoms with Crippen LogP contribution in [-0.4, -0.2) is 37.4 Å². The molecule has 0 bridgehead atoms. The Morgan fingerprint density at radius 1 is 1.24 bits per heavy atom. The predicted molar refractivity (Wildman–Crippen MR) is 67.4 cm³/mol. The Bertz CT molecular complexity index is 734. The maximum Gasteiger partial charge on any atom is 0.490 e. The molecule has 21 heavy (non-hydrogen) atoms. The molecule has 0 aliphatic heterocycles. The SMILES string of the molecule is O=C(O)C(F)(F)F.c1cc2c(-c3cn[nH]c3)cncc2[nH]1. The molecule has 0 unspecified atom stereocenters. The van der Waals surface area contributed by atoms with E-state index in [4.69, 9.17) is 9.90 Å². The van der Waals surface area contributed by atoms with Crippen molar-refractivity contribution in [1.29, 1.82) is 0 Å². The summed E-state index contributed by atoms with van der Waals surface area (Å²) in [6, 6.07) is 2.04. The van der Waals surface area contributed by atoms with Crippen LogP contribution in [0.15, 0.2) is 37.1 Å². The number of nitrogens with one attached hydrogen (secondary N) is 2. The Balaban J connectivity index is 0.000000199. The minimum Gasteiger partial charge on any atom is -0.475 e. The molecule has 3 N–H and O–H groups in total. The molecule has 3 aromatic heterocycles. The average Bonchev–Trinajstić information content (AvgIpc) is 3.09. The van der Waals surface area contributed by atoms with Gasteiger partial charge in [0.2, 0.25) is 0 Å². The van der Waals surface area contributed by atoms with Gasteiger partial charge in [-0.15, -0.1) is 0 Å². The first-order chi connectivity index (χ1) is 9.89. The molecule has 0 atom stereocenters. The van der Waals surface area contributed by atoms with Crippen LogP contribution in [0.5, 0.6) is 0 Å². The topological polar surface area (TPSA) is 94.7 Å². The van der Waals surface area contributed by atoms with Gasteiger partial charge in [-0.05, 0) is 6.07 Å². The van der Waals surface area contributed by atoms with Crippen LogP contribution in [-0.2, 0) is 4.79 Å². The first-order valence-electron chi connectivity index (χ1n) is 5.60. The maximum absolute atomic E-state index is 10.6. The van der Waals surface area contributed by atoms with E-state index in [-0.39, 0.29) is 0 Å². The van der Waals surface area contributed by atoms with Gasteiger partial charge in [-0.25, -0.2) is 4.79 Å². The number of hydrogen-bond donors (Lipinski definition) is 3. The number of aromatic nitrogens is 4. The first kappa shape index (κ1) is 14.6. The van der Waals surface area contributed by atoms with E-state index in [1.165, 1.54) is 5.39 Å². The number of alkyl halides is 3. The lowest BCUT2D eigenvalue weighted by Gasteiger charge is -1.97. The number of hydrogen-bond acceptors (Lipinski definition) is 3. The highest BCUT2D eigenvalue weighted by molar-refractivity contribution is 5.93. The van der Waals surface area contributed by atoms with Crippen LogP contribution in [0.3, 0.4) is 0 Å². The van der Waals surface area contributed by atoms with Gasteiger partial charge >= 0.3 is 12.1 Å². The molecule has 0 aromatic carbocycles. The van der Waals surface area contributed by atoms with Crippen LogP contribution in [0.25, 0.3) is 22.0 Å². The summed E-state index contributed by atoms with van der Waals surface area (Å²) in [6.45, 7) is 0. The minimum absolute atomic E-state index is 1.05. The van der Waals surface area contributed by atoms with Gasteiger partial charge in [0.05, 0.1) is 17.9 Å². The number of aliphatic carboxylic acids is 1. The monoisotopic (exact) mass is 298 g/mol. The van der Waals surface area contributed by atoms with Gasteiger partial charge in [0.25, 0.3) is 0 Å². The van der Waals surface area contributed by atoms with E-state index in [1.54, 1.807) is 6.20 Å². The Morgan fingerprint density at radius 3 is 2.52 bits per heavy atom. The quantitative estimate of drug-likeness (QED) is 0.643. The predicted octanol–water partition coefficient (Wildman–Crippen LogP) is 2.59. The molecule has 0 aliphatic rings. The molecule has 9 heteroatoms. The van der Waals surface area contributed by atoms with Crippen molar-refractivity contribution in [3.8, 4) is 11.1 Å². The number of aromatic amines is 2. The zero-order chi connectivity index (χ0) is 15.5. The average molecular weight is 298 g/mol. The second-order valence-corrected chi connectivity index (χ2v) is 3.92. The van der Waals surface area contributed by atoms with E-state index in [2.05, 4.69) is 20.2 Å². The molecule has 3 rings (SSSR count). The van der Waals surface area contributed by atoms with E-state index in [1.807, 2.05) is 30.9 Å². The number of pyridine rings is 1. The molecule has 0 saturated carbocycles. The highest BCUT2D eigenvalue weighted by Gasteiger charge is 2.38. The van der Waals surface area contributed by atoms with Crippen molar-refractivity contribution in [3.63, 3.8) is 0 Å². The van der Waals surface area contributed by atoms with E-state index in [0.717, 1.165) is 16.6 Å². The summed E-state index contributed by atoms with van der Waals surface area (Å²) < 4.78 is 31.7. The van der Waals surface area contributed by atoms with Crippen molar-refractivity contribution >= 4 is 16.9 Å². The normalized spacial score (nSPS) is 11.0. The fourth-order valence-electron chi connectivity index (χ4n) is 1.61. The molecule has 0 radical (unpaired) electrons. The third-order valence-corrected chi connectivity index (χ3v) is 2.53. The van der Waals surface area contributed by atoms with Crippen LogP contribution in [0.2, 0.25) is 0 Å². The number of H-pyrrole nitrogens is 2. The van der Waals surface area contributed by atoms with Gasteiger partial charge in [-0.1, -0.05) is 0 Å².